The number of amides is 2. The normalized spacial score (nSPS) is 19.1. The third-order valence-electron chi connectivity index (χ3n) is 8.25. The number of benzene rings is 2. The van der Waals surface area contributed by atoms with E-state index in [1.54, 1.807) is 0 Å². The van der Waals surface area contributed by atoms with Crippen molar-refractivity contribution < 1.29 is 45.4 Å². The van der Waals surface area contributed by atoms with Gasteiger partial charge in [0.05, 0.1) is 17.8 Å². The second-order valence-corrected chi connectivity index (χ2v) is 13.4. The molecule has 4 aromatic rings. The molecule has 0 bridgehead atoms. The maximum absolute atomic E-state index is 14.8. The van der Waals surface area contributed by atoms with E-state index in [0.717, 1.165) is 24.3 Å². The molecule has 246 valence electrons. The number of nitrogens with two attached hydrogens (primary N) is 1. The topological polar surface area (TPSA) is 174 Å². The summed E-state index contributed by atoms with van der Waals surface area (Å²) in [5, 5.41) is 13.6. The highest BCUT2D eigenvalue weighted by atomic mass is 32.2. The lowest BCUT2D eigenvalue weighted by atomic mass is 9.81. The number of hydrogen-bond acceptors (Lipinski definition) is 8. The number of fused-ring (bicyclic) bond motifs is 2. The Labute approximate surface area is 265 Å². The number of carbonyl (C=O) groups excluding carboxylic acids is 2. The van der Waals surface area contributed by atoms with Gasteiger partial charge in [0.1, 0.15) is 34.2 Å². The van der Waals surface area contributed by atoms with Gasteiger partial charge in [0.2, 0.25) is 21.5 Å². The van der Waals surface area contributed by atoms with Crippen LogP contribution in [0.25, 0.3) is 22.2 Å². The molecule has 2 aromatic heterocycles. The van der Waals surface area contributed by atoms with Crippen LogP contribution < -0.4 is 20.5 Å². The summed E-state index contributed by atoms with van der Waals surface area (Å²) < 4.78 is 92.4. The lowest BCUT2D eigenvalue weighted by Gasteiger charge is -2.31. The van der Waals surface area contributed by atoms with Crippen molar-refractivity contribution in [2.24, 2.45) is 5.73 Å². The van der Waals surface area contributed by atoms with E-state index < -0.39 is 57.1 Å². The number of carbonyl (C=O) groups is 2. The number of pyridine rings is 2. The fraction of sp³-hybridized carbons (Fsp3) is 0.290. The Bertz CT molecular complexity index is 2040. The molecule has 0 saturated heterocycles. The first-order valence-corrected chi connectivity index (χ1v) is 15.7. The van der Waals surface area contributed by atoms with Crippen molar-refractivity contribution in [3.8, 4) is 17.0 Å². The molecule has 2 aromatic carbocycles. The minimum Gasteiger partial charge on any atom is -0.489 e. The number of aliphatic hydroxyl groups is 1. The Balaban J connectivity index is 1.41. The first kappa shape index (κ1) is 32.3. The predicted octanol–water partition coefficient (Wildman–Crippen LogP) is 3.19. The number of ether oxygens (including phenoxy) is 1. The first-order valence-electron chi connectivity index (χ1n) is 14.3. The van der Waals surface area contributed by atoms with Gasteiger partial charge in [-0.05, 0) is 68.3 Å². The maximum Gasteiger partial charge on any atom is 0.424 e. The molecule has 2 atom stereocenters. The molecule has 16 heteroatoms. The van der Waals surface area contributed by atoms with Crippen LogP contribution in [0.3, 0.4) is 0 Å². The van der Waals surface area contributed by atoms with Crippen LogP contribution in [0.1, 0.15) is 41.4 Å². The molecule has 5 N–H and O–H groups in total. The van der Waals surface area contributed by atoms with Gasteiger partial charge in [-0.2, -0.15) is 13.2 Å². The predicted molar refractivity (Wildman–Crippen MR) is 159 cm³/mol. The maximum atomic E-state index is 14.8. The third kappa shape index (κ3) is 5.76. The van der Waals surface area contributed by atoms with Gasteiger partial charge in [-0.15, -0.1) is 0 Å². The van der Waals surface area contributed by atoms with Gasteiger partial charge in [0.25, 0.3) is 5.91 Å². The van der Waals surface area contributed by atoms with Crippen molar-refractivity contribution in [3.63, 3.8) is 0 Å². The van der Waals surface area contributed by atoms with E-state index in [0.29, 0.717) is 12.8 Å². The molecule has 1 fully saturated rings. The van der Waals surface area contributed by atoms with E-state index in [9.17, 15) is 40.7 Å². The molecule has 2 amide bonds. The van der Waals surface area contributed by atoms with Crippen LogP contribution in [-0.2, 0) is 25.8 Å². The highest BCUT2D eigenvalue weighted by molar-refractivity contribution is 7.89. The number of hydrogen-bond donors (Lipinski definition) is 4. The van der Waals surface area contributed by atoms with E-state index in [4.69, 9.17) is 10.5 Å². The zero-order valence-electron chi connectivity index (χ0n) is 24.6. The van der Waals surface area contributed by atoms with E-state index in [-0.39, 0.29) is 56.6 Å². The zero-order chi connectivity index (χ0) is 33.9. The van der Waals surface area contributed by atoms with Gasteiger partial charge >= 0.3 is 6.18 Å². The average molecular weight is 674 g/mol. The standard InChI is InChI=1S/C31H27F4N5O6S/c1-29(28(36)42)15-46-26-21(29)13-23(39-25(26)16-4-6-19(32)7-5-16)30(43,31(33,34)35)14-38-27(41)18-11-17-3-2-10-37-24(17)22(12-18)47(44,45)40-20-8-9-20/h2-7,10-13,20,40,43H,8-9,14-15H2,1H3,(H2,36,42)(H,38,41)/t29-,30?/m0/s1. The summed E-state index contributed by atoms with van der Waals surface area (Å²) in [5.41, 5.74) is -1.32. The molecule has 1 saturated carbocycles. The Hall–Kier alpha value is -4.67. The number of rotatable bonds is 9. The molecule has 11 nitrogen and oxygen atoms in total. The molecule has 47 heavy (non-hydrogen) atoms. The fourth-order valence-electron chi connectivity index (χ4n) is 5.23. The van der Waals surface area contributed by atoms with E-state index in [1.165, 1.54) is 43.5 Å². The minimum absolute atomic E-state index is 0.0550. The van der Waals surface area contributed by atoms with E-state index in [2.05, 4.69) is 20.0 Å². The number of alkyl halides is 3. The first-order chi connectivity index (χ1) is 22.0. The molecule has 0 radical (unpaired) electrons. The molecular weight excluding hydrogens is 646 g/mol. The number of aromatic nitrogens is 2. The molecule has 1 aliphatic heterocycles. The number of sulfonamides is 1. The third-order valence-corrected chi connectivity index (χ3v) is 9.79. The molecule has 1 unspecified atom stereocenters. The molecule has 2 aliphatic rings. The van der Waals surface area contributed by atoms with Crippen LogP contribution in [0.15, 0.2) is 65.7 Å². The van der Waals surface area contributed by atoms with Crippen molar-refractivity contribution >= 4 is 32.7 Å². The number of halogens is 4. The highest BCUT2D eigenvalue weighted by Gasteiger charge is 2.57. The summed E-state index contributed by atoms with van der Waals surface area (Å²) in [6.07, 6.45) is -2.82. The van der Waals surface area contributed by atoms with Crippen LogP contribution in [0.4, 0.5) is 17.6 Å². The Kier molecular flexibility index (Phi) is 7.72. The summed E-state index contributed by atoms with van der Waals surface area (Å²) in [5.74, 6) is -2.77. The summed E-state index contributed by atoms with van der Waals surface area (Å²) in [6.45, 7) is -0.451. The van der Waals surface area contributed by atoms with Crippen LogP contribution in [-0.4, -0.2) is 60.7 Å². The van der Waals surface area contributed by atoms with Gasteiger partial charge in [0, 0.05) is 34.3 Å². The summed E-state index contributed by atoms with van der Waals surface area (Å²) in [7, 11) is -4.15. The minimum atomic E-state index is -5.44. The SMILES string of the molecule is C[C@]1(C(N)=O)COc2c1cc(C(O)(CNC(=O)c1cc(S(=O)(=O)NC3CC3)c3ncccc3c1)C(F)(F)F)nc2-c1ccc(F)cc1. The van der Waals surface area contributed by atoms with Gasteiger partial charge in [-0.3, -0.25) is 14.6 Å². The zero-order valence-corrected chi connectivity index (χ0v) is 25.4. The van der Waals surface area contributed by atoms with Gasteiger partial charge < -0.3 is 20.9 Å². The number of nitrogens with zero attached hydrogens (tertiary/aromatic N) is 2. The van der Waals surface area contributed by atoms with Crippen molar-refractivity contribution in [2.75, 3.05) is 13.2 Å². The Morgan fingerprint density at radius 3 is 2.47 bits per heavy atom. The van der Waals surface area contributed by atoms with E-state index >= 15 is 0 Å². The van der Waals surface area contributed by atoms with Crippen molar-refractivity contribution in [2.45, 2.75) is 47.9 Å². The fourth-order valence-corrected chi connectivity index (χ4v) is 6.74. The largest absolute Gasteiger partial charge is 0.489 e. The van der Waals surface area contributed by atoms with Gasteiger partial charge in [0.15, 0.2) is 0 Å². The lowest BCUT2D eigenvalue weighted by Crippen LogP contribution is -2.51. The summed E-state index contributed by atoms with van der Waals surface area (Å²) >= 11 is 0. The molecule has 6 rings (SSSR count). The molecule has 3 heterocycles. The van der Waals surface area contributed by atoms with E-state index in [1.807, 2.05) is 0 Å². The Morgan fingerprint density at radius 2 is 1.83 bits per heavy atom. The second kappa shape index (κ2) is 11.2. The Morgan fingerprint density at radius 1 is 1.13 bits per heavy atom. The van der Waals surface area contributed by atoms with Crippen LogP contribution >= 0.6 is 0 Å². The van der Waals surface area contributed by atoms with Gasteiger partial charge in [-0.25, -0.2) is 22.5 Å². The number of nitrogens with one attached hydrogen (secondary N) is 2. The molecule has 1 aliphatic carbocycles. The molecule has 0 spiro atoms. The van der Waals surface area contributed by atoms with Crippen LogP contribution in [0, 0.1) is 5.82 Å². The average Bonchev–Trinajstić information content (AvgIpc) is 3.77. The van der Waals surface area contributed by atoms with Crippen LogP contribution in [0.2, 0.25) is 0 Å². The lowest BCUT2D eigenvalue weighted by molar-refractivity contribution is -0.265. The monoisotopic (exact) mass is 673 g/mol. The summed E-state index contributed by atoms with van der Waals surface area (Å²) in [4.78, 5) is 33.6. The number of primary amides is 1. The summed E-state index contributed by atoms with van der Waals surface area (Å²) in [6, 6.07) is 10.4. The van der Waals surface area contributed by atoms with Crippen molar-refractivity contribution in [1.29, 1.82) is 0 Å². The molecular formula is C31H27F4N5O6S. The second-order valence-electron chi connectivity index (χ2n) is 11.7. The van der Waals surface area contributed by atoms with Crippen molar-refractivity contribution in [1.82, 2.24) is 20.0 Å². The smallest absolute Gasteiger partial charge is 0.424 e. The van der Waals surface area contributed by atoms with Crippen molar-refractivity contribution in [3.05, 3.63) is 83.4 Å². The van der Waals surface area contributed by atoms with Gasteiger partial charge in [-0.1, -0.05) is 6.07 Å². The quantitative estimate of drug-likeness (QED) is 0.196. The highest BCUT2D eigenvalue weighted by Crippen LogP contribution is 2.47. The van der Waals surface area contributed by atoms with Crippen LogP contribution in [0.5, 0.6) is 5.75 Å².